The zero-order chi connectivity index (χ0) is 24.3. The van der Waals surface area contributed by atoms with Crippen LogP contribution in [0.15, 0.2) is 52.4 Å². The van der Waals surface area contributed by atoms with Gasteiger partial charge in [0.15, 0.2) is 0 Å². The van der Waals surface area contributed by atoms with Crippen molar-refractivity contribution < 1.29 is 26.4 Å². The van der Waals surface area contributed by atoms with E-state index >= 15 is 0 Å². The average Bonchev–Trinajstić information content (AvgIpc) is 3.33. The van der Waals surface area contributed by atoms with Crippen LogP contribution in [0.4, 0.5) is 13.2 Å². The van der Waals surface area contributed by atoms with Crippen molar-refractivity contribution in [1.82, 2.24) is 15.6 Å². The Labute approximate surface area is 197 Å². The van der Waals surface area contributed by atoms with Gasteiger partial charge in [0.05, 0.1) is 33.6 Å². The SMILES string of the molecule is O=C(NCc1ccc(S(=O)(=O)c2cccc(C(F)(F)F)c2)cn1)[C@H]1C[C@@H](C2CCCCC2)CN1. The fraction of sp³-hybridized carbons (Fsp3) is 0.500. The van der Waals surface area contributed by atoms with Gasteiger partial charge >= 0.3 is 6.18 Å². The molecule has 2 heterocycles. The van der Waals surface area contributed by atoms with Crippen LogP contribution in [0.3, 0.4) is 0 Å². The standard InChI is InChI=1S/C24H28F3N3O3S/c25-24(26,27)18-7-4-8-20(12-18)34(32,33)21-10-9-19(28-15-21)14-30-23(31)22-11-17(13-29-22)16-5-2-1-3-6-16/h4,7-10,12,15-17,22,29H,1-3,5-6,11,13-14H2,(H,30,31)/t17-,22-/m1/s1. The number of aromatic nitrogens is 1. The lowest BCUT2D eigenvalue weighted by Crippen LogP contribution is -2.40. The van der Waals surface area contributed by atoms with E-state index in [-0.39, 0.29) is 23.4 Å². The molecule has 0 bridgehead atoms. The topological polar surface area (TPSA) is 88.2 Å². The van der Waals surface area contributed by atoms with Crippen molar-refractivity contribution in [3.05, 3.63) is 53.9 Å². The number of halogens is 3. The normalized spacial score (nSPS) is 22.0. The van der Waals surface area contributed by atoms with E-state index in [0.29, 0.717) is 23.6 Å². The molecule has 1 aliphatic heterocycles. The molecule has 184 valence electrons. The Balaban J connectivity index is 1.34. The zero-order valence-electron chi connectivity index (χ0n) is 18.6. The summed E-state index contributed by atoms with van der Waals surface area (Å²) in [6.07, 6.45) is 3.58. The Hall–Kier alpha value is -2.46. The molecule has 2 aliphatic rings. The molecule has 1 aromatic carbocycles. The molecule has 4 rings (SSSR count). The predicted molar refractivity (Wildman–Crippen MR) is 119 cm³/mol. The lowest BCUT2D eigenvalue weighted by atomic mass is 9.79. The minimum absolute atomic E-state index is 0.110. The first kappa shape index (κ1) is 24.7. The Morgan fingerprint density at radius 3 is 2.50 bits per heavy atom. The molecule has 1 aromatic heterocycles. The Bertz CT molecular complexity index is 1110. The van der Waals surface area contributed by atoms with Crippen LogP contribution in [-0.4, -0.2) is 31.9 Å². The minimum atomic E-state index is -4.64. The van der Waals surface area contributed by atoms with Gasteiger partial charge in [-0.1, -0.05) is 38.2 Å². The highest BCUT2D eigenvalue weighted by molar-refractivity contribution is 7.91. The van der Waals surface area contributed by atoms with Crippen molar-refractivity contribution in [3.63, 3.8) is 0 Å². The number of carbonyl (C=O) groups is 1. The number of amides is 1. The first-order valence-corrected chi connectivity index (χ1v) is 13.0. The molecule has 2 N–H and O–H groups in total. The van der Waals surface area contributed by atoms with Crippen LogP contribution in [0.5, 0.6) is 0 Å². The number of benzene rings is 1. The summed E-state index contributed by atoms with van der Waals surface area (Å²) in [7, 11) is -4.16. The number of nitrogens with one attached hydrogen (secondary N) is 2. The lowest BCUT2D eigenvalue weighted by Gasteiger charge is -2.26. The third-order valence-electron chi connectivity index (χ3n) is 6.82. The van der Waals surface area contributed by atoms with Crippen molar-refractivity contribution in [3.8, 4) is 0 Å². The van der Waals surface area contributed by atoms with E-state index in [1.54, 1.807) is 0 Å². The fourth-order valence-electron chi connectivity index (χ4n) is 4.88. The summed E-state index contributed by atoms with van der Waals surface area (Å²) in [5.74, 6) is 1.10. The Morgan fingerprint density at radius 1 is 1.06 bits per heavy atom. The molecule has 1 aliphatic carbocycles. The van der Waals surface area contributed by atoms with E-state index in [2.05, 4.69) is 15.6 Å². The monoisotopic (exact) mass is 495 g/mol. The second kappa shape index (κ2) is 10.0. The van der Waals surface area contributed by atoms with E-state index < -0.39 is 26.5 Å². The summed E-state index contributed by atoms with van der Waals surface area (Å²) in [6, 6.07) is 6.10. The molecule has 6 nitrogen and oxygen atoms in total. The molecule has 2 fully saturated rings. The average molecular weight is 496 g/mol. The van der Waals surface area contributed by atoms with Crippen LogP contribution in [0, 0.1) is 11.8 Å². The highest BCUT2D eigenvalue weighted by atomic mass is 32.2. The van der Waals surface area contributed by atoms with E-state index in [1.165, 1.54) is 44.2 Å². The first-order valence-electron chi connectivity index (χ1n) is 11.5. The number of carbonyl (C=O) groups excluding carboxylic acids is 1. The van der Waals surface area contributed by atoms with Crippen LogP contribution >= 0.6 is 0 Å². The third kappa shape index (κ3) is 5.60. The molecule has 2 aromatic rings. The predicted octanol–water partition coefficient (Wildman–Crippen LogP) is 4.11. The Kier molecular flexibility index (Phi) is 7.28. The summed E-state index contributed by atoms with van der Waals surface area (Å²) in [6.45, 7) is 0.984. The molecule has 34 heavy (non-hydrogen) atoms. The molecule has 1 amide bonds. The van der Waals surface area contributed by atoms with E-state index in [0.717, 1.165) is 37.4 Å². The van der Waals surface area contributed by atoms with Gasteiger partial charge in [-0.3, -0.25) is 9.78 Å². The van der Waals surface area contributed by atoms with Gasteiger partial charge in [0.25, 0.3) is 0 Å². The molecule has 2 atom stereocenters. The van der Waals surface area contributed by atoms with Crippen LogP contribution in [0.25, 0.3) is 0 Å². The molecule has 0 radical (unpaired) electrons. The lowest BCUT2D eigenvalue weighted by molar-refractivity contribution is -0.137. The Morgan fingerprint density at radius 2 is 1.82 bits per heavy atom. The zero-order valence-corrected chi connectivity index (χ0v) is 19.5. The summed E-state index contributed by atoms with van der Waals surface area (Å²) >= 11 is 0. The third-order valence-corrected chi connectivity index (χ3v) is 8.56. The smallest absolute Gasteiger partial charge is 0.349 e. The number of sulfone groups is 1. The summed E-state index contributed by atoms with van der Waals surface area (Å²) in [4.78, 5) is 16.0. The first-order chi connectivity index (χ1) is 16.1. The van der Waals surface area contributed by atoms with Crippen molar-refractivity contribution in [1.29, 1.82) is 0 Å². The summed E-state index contributed by atoms with van der Waals surface area (Å²) in [5, 5.41) is 6.15. The van der Waals surface area contributed by atoms with Gasteiger partial charge in [0.1, 0.15) is 0 Å². The van der Waals surface area contributed by atoms with Crippen LogP contribution < -0.4 is 10.6 Å². The molecular formula is C24H28F3N3O3S. The van der Waals surface area contributed by atoms with E-state index in [4.69, 9.17) is 0 Å². The summed E-state index contributed by atoms with van der Waals surface area (Å²) in [5.41, 5.74) is -0.578. The van der Waals surface area contributed by atoms with Crippen LogP contribution in [0.1, 0.15) is 49.8 Å². The largest absolute Gasteiger partial charge is 0.416 e. The van der Waals surface area contributed by atoms with E-state index in [9.17, 15) is 26.4 Å². The maximum atomic E-state index is 12.9. The molecular weight excluding hydrogens is 467 g/mol. The molecule has 0 unspecified atom stereocenters. The van der Waals surface area contributed by atoms with Gasteiger partial charge in [-0.05, 0) is 55.1 Å². The van der Waals surface area contributed by atoms with Gasteiger partial charge in [0, 0.05) is 6.20 Å². The van der Waals surface area contributed by atoms with Crippen LogP contribution in [-0.2, 0) is 27.4 Å². The van der Waals surface area contributed by atoms with Crippen molar-refractivity contribution in [2.45, 2.75) is 67.1 Å². The second-order valence-electron chi connectivity index (χ2n) is 9.09. The van der Waals surface area contributed by atoms with Crippen molar-refractivity contribution in [2.75, 3.05) is 6.54 Å². The highest BCUT2D eigenvalue weighted by Gasteiger charge is 2.34. The molecule has 0 spiro atoms. The quantitative estimate of drug-likeness (QED) is 0.630. The minimum Gasteiger partial charge on any atom is -0.349 e. The van der Waals surface area contributed by atoms with Crippen molar-refractivity contribution in [2.24, 2.45) is 11.8 Å². The maximum Gasteiger partial charge on any atom is 0.416 e. The van der Waals surface area contributed by atoms with Gasteiger partial charge < -0.3 is 10.6 Å². The number of rotatable bonds is 6. The number of hydrogen-bond acceptors (Lipinski definition) is 5. The number of alkyl halides is 3. The molecule has 10 heteroatoms. The number of hydrogen-bond donors (Lipinski definition) is 2. The van der Waals surface area contributed by atoms with Gasteiger partial charge in [-0.2, -0.15) is 13.2 Å². The highest BCUT2D eigenvalue weighted by Crippen LogP contribution is 2.34. The van der Waals surface area contributed by atoms with Gasteiger partial charge in [-0.25, -0.2) is 8.42 Å². The van der Waals surface area contributed by atoms with Crippen LogP contribution in [0.2, 0.25) is 0 Å². The summed E-state index contributed by atoms with van der Waals surface area (Å²) < 4.78 is 64.3. The maximum absolute atomic E-state index is 12.9. The van der Waals surface area contributed by atoms with E-state index in [1.807, 2.05) is 0 Å². The van der Waals surface area contributed by atoms with Gasteiger partial charge in [0.2, 0.25) is 15.7 Å². The number of nitrogens with zero attached hydrogens (tertiary/aromatic N) is 1. The second-order valence-corrected chi connectivity index (χ2v) is 11.0. The molecule has 1 saturated heterocycles. The fourth-order valence-corrected chi connectivity index (χ4v) is 6.13. The molecule has 1 saturated carbocycles. The van der Waals surface area contributed by atoms with Crippen molar-refractivity contribution >= 4 is 15.7 Å². The number of pyridine rings is 1. The van der Waals surface area contributed by atoms with Gasteiger partial charge in [-0.15, -0.1) is 0 Å².